The summed E-state index contributed by atoms with van der Waals surface area (Å²) in [6.07, 6.45) is 3.08. The highest BCUT2D eigenvalue weighted by Crippen LogP contribution is 2.47. The molecule has 5 rings (SSSR count). The van der Waals surface area contributed by atoms with Crippen LogP contribution in [0.3, 0.4) is 0 Å². The Bertz CT molecular complexity index is 1590. The number of pyridine rings is 1. The minimum absolute atomic E-state index is 0.0978. The molecule has 2 fully saturated rings. The minimum atomic E-state index is -4.67. The van der Waals surface area contributed by atoms with E-state index in [1.165, 1.54) is 54.7 Å². The number of amides is 4. The Kier molecular flexibility index (Phi) is 8.99. The third-order valence-electron chi connectivity index (χ3n) is 6.25. The normalized spacial score (nSPS) is 14.8. The van der Waals surface area contributed by atoms with Gasteiger partial charge < -0.3 is 20.3 Å². The van der Waals surface area contributed by atoms with Crippen molar-refractivity contribution >= 4 is 45.4 Å². The molecular weight excluding hydrogens is 580 g/mol. The lowest BCUT2D eigenvalue weighted by molar-refractivity contribution is -0.131. The van der Waals surface area contributed by atoms with E-state index in [4.69, 9.17) is 22.3 Å². The van der Waals surface area contributed by atoms with E-state index < -0.39 is 39.3 Å². The molecule has 42 heavy (non-hydrogen) atoms. The molecule has 222 valence electrons. The molecule has 2 aliphatic rings. The van der Waals surface area contributed by atoms with Crippen LogP contribution in [0.4, 0.5) is 30.8 Å². The summed E-state index contributed by atoms with van der Waals surface area (Å²) in [5.41, 5.74) is -0.737. The highest BCUT2D eigenvalue weighted by molar-refractivity contribution is 7.79. The summed E-state index contributed by atoms with van der Waals surface area (Å²) in [6.45, 7) is 1.38. The minimum Gasteiger partial charge on any atom is -0.454 e. The monoisotopic (exact) mass is 605 g/mol. The lowest BCUT2D eigenvalue weighted by Gasteiger charge is -2.30. The molecule has 0 unspecified atom stereocenters. The number of rotatable bonds is 7. The topological polar surface area (TPSA) is 187 Å². The maximum atomic E-state index is 14.8. The van der Waals surface area contributed by atoms with Crippen molar-refractivity contribution in [3.63, 3.8) is 0 Å². The molecule has 1 saturated carbocycles. The van der Waals surface area contributed by atoms with Crippen LogP contribution in [0.2, 0.25) is 0 Å². The molecule has 0 bridgehead atoms. The van der Waals surface area contributed by atoms with Crippen molar-refractivity contribution < 1.29 is 45.4 Å². The average Bonchev–Trinajstić information content (AvgIpc) is 3.68. The van der Waals surface area contributed by atoms with Crippen molar-refractivity contribution in [3.05, 3.63) is 72.4 Å². The Hall–Kier alpha value is -4.67. The second kappa shape index (κ2) is 12.5. The number of benzene rings is 2. The number of aromatic nitrogens is 1. The van der Waals surface area contributed by atoms with Crippen LogP contribution in [-0.2, 0) is 20.0 Å². The molecule has 5 N–H and O–H groups in total. The summed E-state index contributed by atoms with van der Waals surface area (Å²) in [5, 5.41) is 7.88. The smallest absolute Gasteiger partial charge is 0.394 e. The van der Waals surface area contributed by atoms with Gasteiger partial charge in [-0.3, -0.25) is 24.0 Å². The standard InChI is InChI=1S/C26H23F2N5O4.H2O4S/c27-16-2-4-17(5-3-16)30-23(34)26(9-10-26)24(35)31-18-6-7-21(20(28)14-18)37-19-8-11-29-22(15-19)32-25(36)33-12-1-13-33;1-5(2,3)4/h2-8,11,14-15H,1,9-10,12-13H2,(H,30,34)(H,31,35)(H,29,32,36);(H2,1,2,3,4). The van der Waals surface area contributed by atoms with Crippen molar-refractivity contribution in [3.8, 4) is 11.5 Å². The van der Waals surface area contributed by atoms with Crippen molar-refractivity contribution in [1.82, 2.24) is 9.88 Å². The van der Waals surface area contributed by atoms with Gasteiger partial charge >= 0.3 is 16.4 Å². The number of urea groups is 1. The Labute approximate surface area is 238 Å². The fraction of sp³-hybridized carbons (Fsp3) is 0.231. The molecule has 2 aromatic carbocycles. The molecule has 13 nitrogen and oxygen atoms in total. The maximum Gasteiger partial charge on any atom is 0.394 e. The largest absolute Gasteiger partial charge is 0.454 e. The lowest BCUT2D eigenvalue weighted by Crippen LogP contribution is -2.44. The van der Waals surface area contributed by atoms with Gasteiger partial charge in [-0.15, -0.1) is 0 Å². The molecule has 1 aliphatic carbocycles. The van der Waals surface area contributed by atoms with E-state index in [9.17, 15) is 23.2 Å². The Morgan fingerprint density at radius 3 is 2.02 bits per heavy atom. The van der Waals surface area contributed by atoms with Crippen LogP contribution >= 0.6 is 0 Å². The number of carbonyl (C=O) groups is 3. The predicted molar refractivity (Wildman–Crippen MR) is 145 cm³/mol. The zero-order chi connectivity index (χ0) is 30.5. The molecule has 2 heterocycles. The summed E-state index contributed by atoms with van der Waals surface area (Å²) >= 11 is 0. The van der Waals surface area contributed by atoms with Crippen LogP contribution in [0.5, 0.6) is 11.5 Å². The quantitative estimate of drug-likeness (QED) is 0.195. The molecule has 16 heteroatoms. The first kappa shape index (κ1) is 30.3. The number of nitrogens with one attached hydrogen (secondary N) is 3. The van der Waals surface area contributed by atoms with Crippen LogP contribution in [-0.4, -0.2) is 58.3 Å². The number of hydrogen-bond donors (Lipinski definition) is 5. The van der Waals surface area contributed by atoms with Gasteiger partial charge in [-0.05, 0) is 61.7 Å². The number of hydrogen-bond acceptors (Lipinski definition) is 7. The second-order valence-corrected chi connectivity index (χ2v) is 10.2. The number of likely N-dealkylation sites (tertiary alicyclic amines) is 1. The van der Waals surface area contributed by atoms with Gasteiger partial charge in [0.1, 0.15) is 22.8 Å². The first-order valence-electron chi connectivity index (χ1n) is 12.4. The molecule has 1 aliphatic heterocycles. The van der Waals surface area contributed by atoms with Gasteiger partial charge in [-0.1, -0.05) is 0 Å². The van der Waals surface area contributed by atoms with Gasteiger partial charge in [0.25, 0.3) is 0 Å². The van der Waals surface area contributed by atoms with E-state index in [1.54, 1.807) is 4.90 Å². The number of anilines is 3. The molecular formula is C26H25F2N5O8S. The highest BCUT2D eigenvalue weighted by atomic mass is 32.3. The van der Waals surface area contributed by atoms with Gasteiger partial charge in [0, 0.05) is 42.8 Å². The number of carbonyl (C=O) groups excluding carboxylic acids is 3. The van der Waals surface area contributed by atoms with Crippen molar-refractivity contribution in [2.75, 3.05) is 29.0 Å². The van der Waals surface area contributed by atoms with Crippen LogP contribution < -0.4 is 20.7 Å². The Balaban J connectivity index is 0.000000748. The maximum absolute atomic E-state index is 14.8. The van der Waals surface area contributed by atoms with Gasteiger partial charge in [0.2, 0.25) is 11.8 Å². The van der Waals surface area contributed by atoms with E-state index in [-0.39, 0.29) is 29.0 Å². The van der Waals surface area contributed by atoms with E-state index >= 15 is 0 Å². The third kappa shape index (κ3) is 8.18. The predicted octanol–water partition coefficient (Wildman–Crippen LogP) is 4.09. The van der Waals surface area contributed by atoms with Crippen LogP contribution in [0.15, 0.2) is 60.8 Å². The van der Waals surface area contributed by atoms with E-state index in [0.717, 1.165) is 12.5 Å². The second-order valence-electron chi connectivity index (χ2n) is 9.34. The molecule has 1 saturated heterocycles. The molecule has 4 amide bonds. The first-order valence-corrected chi connectivity index (χ1v) is 13.8. The van der Waals surface area contributed by atoms with Crippen molar-refractivity contribution in [1.29, 1.82) is 0 Å². The molecule has 0 radical (unpaired) electrons. The van der Waals surface area contributed by atoms with Crippen LogP contribution in [0, 0.1) is 17.0 Å². The number of ether oxygens (including phenoxy) is 1. The van der Waals surface area contributed by atoms with Crippen LogP contribution in [0.1, 0.15) is 19.3 Å². The third-order valence-corrected chi connectivity index (χ3v) is 6.25. The Morgan fingerprint density at radius 1 is 0.881 bits per heavy atom. The summed E-state index contributed by atoms with van der Waals surface area (Å²) < 4.78 is 65.0. The fourth-order valence-corrected chi connectivity index (χ4v) is 3.76. The SMILES string of the molecule is O=C(Nc1cc(Oc2ccc(NC(=O)C3(C(=O)Nc4ccc(F)cc4)CC3)cc2F)ccn1)N1CCC1.O=S(=O)(O)O. The highest BCUT2D eigenvalue weighted by Gasteiger charge is 2.56. The average molecular weight is 606 g/mol. The zero-order valence-electron chi connectivity index (χ0n) is 21.7. The fourth-order valence-electron chi connectivity index (χ4n) is 3.76. The van der Waals surface area contributed by atoms with Crippen LogP contribution in [0.25, 0.3) is 0 Å². The molecule has 0 spiro atoms. The molecule has 3 aromatic rings. The van der Waals surface area contributed by atoms with Gasteiger partial charge in [-0.25, -0.2) is 18.6 Å². The Morgan fingerprint density at radius 2 is 1.48 bits per heavy atom. The summed E-state index contributed by atoms with van der Waals surface area (Å²) in [6, 6.07) is 11.9. The summed E-state index contributed by atoms with van der Waals surface area (Å²) in [4.78, 5) is 43.3. The van der Waals surface area contributed by atoms with E-state index in [1.807, 2.05) is 0 Å². The molecule has 1 aromatic heterocycles. The van der Waals surface area contributed by atoms with Gasteiger partial charge in [-0.2, -0.15) is 8.42 Å². The van der Waals surface area contributed by atoms with Crippen molar-refractivity contribution in [2.24, 2.45) is 5.41 Å². The van der Waals surface area contributed by atoms with Gasteiger partial charge in [0.05, 0.1) is 0 Å². The number of nitrogens with zero attached hydrogens (tertiary/aromatic N) is 2. The summed E-state index contributed by atoms with van der Waals surface area (Å²) in [5.74, 6) is -1.81. The lowest BCUT2D eigenvalue weighted by atomic mass is 10.0. The molecule has 0 atom stereocenters. The zero-order valence-corrected chi connectivity index (χ0v) is 22.5. The van der Waals surface area contributed by atoms with Crippen molar-refractivity contribution in [2.45, 2.75) is 19.3 Å². The number of halogens is 2. The first-order chi connectivity index (χ1) is 19.8. The van der Waals surface area contributed by atoms with Gasteiger partial charge in [0.15, 0.2) is 11.6 Å². The summed E-state index contributed by atoms with van der Waals surface area (Å²) in [7, 11) is -4.67. The van der Waals surface area contributed by atoms with E-state index in [2.05, 4.69) is 20.9 Å². The van der Waals surface area contributed by atoms with E-state index in [0.29, 0.717) is 31.6 Å².